The Hall–Kier alpha value is -0.460. The second-order valence-corrected chi connectivity index (χ2v) is 5.93. The summed E-state index contributed by atoms with van der Waals surface area (Å²) >= 11 is 1.48. The van der Waals surface area contributed by atoms with Gasteiger partial charge in [0.15, 0.2) is 0 Å². The third-order valence-electron chi connectivity index (χ3n) is 1.59. The molecule has 0 atom stereocenters. The van der Waals surface area contributed by atoms with Gasteiger partial charge in [0.05, 0.1) is 12.8 Å². The maximum Gasteiger partial charge on any atom is 0.211 e. The SMILES string of the molecule is Cc1csc(CN(C)S(C)(=O)=O)n1. The molecule has 0 spiro atoms. The second-order valence-electron chi connectivity index (χ2n) is 2.90. The van der Waals surface area contributed by atoms with E-state index in [1.165, 1.54) is 21.9 Å². The van der Waals surface area contributed by atoms with Crippen LogP contribution in [0.1, 0.15) is 10.7 Å². The molecule has 0 aliphatic carbocycles. The van der Waals surface area contributed by atoms with Crippen molar-refractivity contribution in [1.82, 2.24) is 9.29 Å². The summed E-state index contributed by atoms with van der Waals surface area (Å²) in [6.45, 7) is 2.25. The van der Waals surface area contributed by atoms with E-state index in [4.69, 9.17) is 0 Å². The summed E-state index contributed by atoms with van der Waals surface area (Å²) in [5.74, 6) is 0. The molecule has 6 heteroatoms. The van der Waals surface area contributed by atoms with Gasteiger partial charge in [0.1, 0.15) is 5.01 Å². The summed E-state index contributed by atoms with van der Waals surface area (Å²) in [6, 6.07) is 0. The monoisotopic (exact) mass is 220 g/mol. The topological polar surface area (TPSA) is 50.3 Å². The molecule has 13 heavy (non-hydrogen) atoms. The van der Waals surface area contributed by atoms with Crippen molar-refractivity contribution < 1.29 is 8.42 Å². The van der Waals surface area contributed by atoms with Gasteiger partial charge < -0.3 is 0 Å². The molecule has 0 aromatic carbocycles. The van der Waals surface area contributed by atoms with Gasteiger partial charge in [0, 0.05) is 18.1 Å². The van der Waals surface area contributed by atoms with E-state index in [-0.39, 0.29) is 0 Å². The summed E-state index contributed by atoms with van der Waals surface area (Å²) in [7, 11) is -1.54. The first-order valence-corrected chi connectivity index (χ1v) is 6.44. The van der Waals surface area contributed by atoms with Gasteiger partial charge in [-0.15, -0.1) is 11.3 Å². The van der Waals surface area contributed by atoms with Crippen molar-refractivity contribution in [2.24, 2.45) is 0 Å². The Bertz CT molecular complexity index is 383. The third kappa shape index (κ3) is 3.06. The van der Waals surface area contributed by atoms with Gasteiger partial charge in [-0.05, 0) is 6.92 Å². The van der Waals surface area contributed by atoms with E-state index in [2.05, 4.69) is 4.98 Å². The summed E-state index contributed by atoms with van der Waals surface area (Å²) < 4.78 is 23.4. The fourth-order valence-corrected chi connectivity index (χ4v) is 2.05. The number of sulfonamides is 1. The Morgan fingerprint density at radius 1 is 1.62 bits per heavy atom. The van der Waals surface area contributed by atoms with Crippen LogP contribution in [0.25, 0.3) is 0 Å². The molecule has 0 saturated carbocycles. The number of thiazole rings is 1. The smallest absolute Gasteiger partial charge is 0.211 e. The van der Waals surface area contributed by atoms with Crippen molar-refractivity contribution in [1.29, 1.82) is 0 Å². The zero-order valence-electron chi connectivity index (χ0n) is 7.81. The Morgan fingerprint density at radius 3 is 2.62 bits per heavy atom. The summed E-state index contributed by atoms with van der Waals surface area (Å²) in [5.41, 5.74) is 0.932. The van der Waals surface area contributed by atoms with Crippen LogP contribution >= 0.6 is 11.3 Å². The lowest BCUT2D eigenvalue weighted by atomic mass is 10.6. The Morgan fingerprint density at radius 2 is 2.23 bits per heavy atom. The van der Waals surface area contributed by atoms with Crippen LogP contribution in [0.15, 0.2) is 5.38 Å². The van der Waals surface area contributed by atoms with Crippen LogP contribution in [0.5, 0.6) is 0 Å². The lowest BCUT2D eigenvalue weighted by molar-refractivity contribution is 0.471. The second kappa shape index (κ2) is 3.73. The van der Waals surface area contributed by atoms with Gasteiger partial charge in [-0.25, -0.2) is 13.4 Å². The predicted octanol–water partition coefficient (Wildman–Crippen LogP) is 0.843. The van der Waals surface area contributed by atoms with E-state index in [1.807, 2.05) is 12.3 Å². The number of rotatable bonds is 3. The lowest BCUT2D eigenvalue weighted by Gasteiger charge is -2.11. The highest BCUT2D eigenvalue weighted by atomic mass is 32.2. The van der Waals surface area contributed by atoms with Crippen molar-refractivity contribution in [2.75, 3.05) is 13.3 Å². The highest BCUT2D eigenvalue weighted by Crippen LogP contribution is 2.11. The molecule has 0 aliphatic rings. The van der Waals surface area contributed by atoms with Crippen LogP contribution in [-0.2, 0) is 16.6 Å². The van der Waals surface area contributed by atoms with Crippen molar-refractivity contribution in [3.63, 3.8) is 0 Å². The zero-order valence-corrected chi connectivity index (χ0v) is 9.44. The first kappa shape index (κ1) is 10.6. The molecule has 0 saturated heterocycles. The molecular weight excluding hydrogens is 208 g/mol. The van der Waals surface area contributed by atoms with E-state index in [9.17, 15) is 8.42 Å². The molecule has 1 aromatic rings. The first-order valence-electron chi connectivity index (χ1n) is 3.72. The maximum absolute atomic E-state index is 11.0. The van der Waals surface area contributed by atoms with Crippen LogP contribution in [0.3, 0.4) is 0 Å². The Kier molecular flexibility index (Phi) is 3.05. The summed E-state index contributed by atoms with van der Waals surface area (Å²) in [5, 5.41) is 2.73. The van der Waals surface area contributed by atoms with Crippen LogP contribution in [0.2, 0.25) is 0 Å². The standard InChI is InChI=1S/C7H12N2O2S2/c1-6-5-12-7(8-6)4-9(2)13(3,10)11/h5H,4H2,1-3H3. The molecule has 0 amide bonds. The predicted molar refractivity (Wildman–Crippen MR) is 53.2 cm³/mol. The number of hydrogen-bond donors (Lipinski definition) is 0. The van der Waals surface area contributed by atoms with Gasteiger partial charge in [0.25, 0.3) is 0 Å². The lowest BCUT2D eigenvalue weighted by Crippen LogP contribution is -2.24. The van der Waals surface area contributed by atoms with Crippen LogP contribution in [0.4, 0.5) is 0 Å². The minimum atomic E-state index is -3.09. The quantitative estimate of drug-likeness (QED) is 0.758. The van der Waals surface area contributed by atoms with E-state index >= 15 is 0 Å². The minimum Gasteiger partial charge on any atom is -0.245 e. The van der Waals surface area contributed by atoms with Crippen LogP contribution in [0, 0.1) is 6.92 Å². The molecule has 1 aromatic heterocycles. The van der Waals surface area contributed by atoms with Gasteiger partial charge in [-0.3, -0.25) is 0 Å². The van der Waals surface area contributed by atoms with Gasteiger partial charge in [0.2, 0.25) is 10.0 Å². The number of aromatic nitrogens is 1. The highest BCUT2D eigenvalue weighted by molar-refractivity contribution is 7.88. The largest absolute Gasteiger partial charge is 0.245 e. The number of aryl methyl sites for hydroxylation is 1. The molecular formula is C7H12N2O2S2. The van der Waals surface area contributed by atoms with E-state index in [0.29, 0.717) is 6.54 Å². The van der Waals surface area contributed by atoms with E-state index in [1.54, 1.807) is 7.05 Å². The number of hydrogen-bond acceptors (Lipinski definition) is 4. The first-order chi connectivity index (χ1) is 5.89. The minimum absolute atomic E-state index is 0.358. The van der Waals surface area contributed by atoms with Gasteiger partial charge >= 0.3 is 0 Å². The molecule has 4 nitrogen and oxygen atoms in total. The molecule has 74 valence electrons. The van der Waals surface area contributed by atoms with E-state index < -0.39 is 10.0 Å². The van der Waals surface area contributed by atoms with Crippen LogP contribution < -0.4 is 0 Å². The van der Waals surface area contributed by atoms with Gasteiger partial charge in [-0.2, -0.15) is 4.31 Å². The van der Waals surface area contributed by atoms with Gasteiger partial charge in [-0.1, -0.05) is 0 Å². The average Bonchev–Trinajstić information content (AvgIpc) is 2.33. The molecule has 0 fully saturated rings. The van der Waals surface area contributed by atoms with Crippen molar-refractivity contribution in [3.05, 3.63) is 16.1 Å². The molecule has 1 rings (SSSR count). The average molecular weight is 220 g/mol. The van der Waals surface area contributed by atoms with Crippen molar-refractivity contribution >= 4 is 21.4 Å². The summed E-state index contributed by atoms with van der Waals surface area (Å²) in [4.78, 5) is 4.18. The molecule has 0 N–H and O–H groups in total. The molecule has 0 aliphatic heterocycles. The molecule has 0 bridgehead atoms. The van der Waals surface area contributed by atoms with Crippen molar-refractivity contribution in [2.45, 2.75) is 13.5 Å². The normalized spacial score (nSPS) is 12.3. The van der Waals surface area contributed by atoms with Crippen LogP contribution in [-0.4, -0.2) is 31.0 Å². The number of nitrogens with zero attached hydrogens (tertiary/aromatic N) is 2. The molecule has 0 unspecified atom stereocenters. The Labute approximate surface area is 82.3 Å². The summed E-state index contributed by atoms with van der Waals surface area (Å²) in [6.07, 6.45) is 1.19. The highest BCUT2D eigenvalue weighted by Gasteiger charge is 2.12. The zero-order chi connectivity index (χ0) is 10.1. The third-order valence-corrected chi connectivity index (χ3v) is 3.80. The fourth-order valence-electron chi connectivity index (χ4n) is 0.783. The Balaban J connectivity index is 2.71. The van der Waals surface area contributed by atoms with Crippen molar-refractivity contribution in [3.8, 4) is 0 Å². The van der Waals surface area contributed by atoms with E-state index in [0.717, 1.165) is 10.7 Å². The fraction of sp³-hybridized carbons (Fsp3) is 0.571. The molecule has 1 heterocycles. The molecule has 0 radical (unpaired) electrons. The maximum atomic E-state index is 11.0.